The number of nitrogens with zero attached hydrogens (tertiary/aromatic N) is 1. The van der Waals surface area contributed by atoms with Gasteiger partial charge in [-0.2, -0.15) is 0 Å². The number of Topliss-reactive ketones (excluding diaryl/α,β-unsaturated/α-hetero) is 1. The number of carbonyl (C=O) groups is 1. The summed E-state index contributed by atoms with van der Waals surface area (Å²) in [5.41, 5.74) is -0.291. The Hall–Kier alpha value is -0.410. The van der Waals surface area contributed by atoms with Crippen molar-refractivity contribution < 1.29 is 9.53 Å². The van der Waals surface area contributed by atoms with Crippen LogP contribution in [0.25, 0.3) is 0 Å². The van der Waals surface area contributed by atoms with E-state index in [2.05, 4.69) is 18.7 Å². The van der Waals surface area contributed by atoms with E-state index in [-0.39, 0.29) is 11.1 Å². The average Bonchev–Trinajstić information content (AvgIpc) is 3.06. The highest BCUT2D eigenvalue weighted by molar-refractivity contribution is 5.88. The first-order valence-corrected chi connectivity index (χ1v) is 7.84. The van der Waals surface area contributed by atoms with E-state index < -0.39 is 0 Å². The highest BCUT2D eigenvalue weighted by Crippen LogP contribution is 2.39. The van der Waals surface area contributed by atoms with Crippen LogP contribution in [0.3, 0.4) is 0 Å². The summed E-state index contributed by atoms with van der Waals surface area (Å²) in [4.78, 5) is 15.3. The van der Waals surface area contributed by atoms with Gasteiger partial charge in [0.2, 0.25) is 0 Å². The SMILES string of the molecule is COC(C)(C)CCC(=O)C1(N2CCCC2)CCCC1. The van der Waals surface area contributed by atoms with Gasteiger partial charge in [0.25, 0.3) is 0 Å². The molecule has 0 radical (unpaired) electrons. The van der Waals surface area contributed by atoms with E-state index in [1.165, 1.54) is 25.7 Å². The van der Waals surface area contributed by atoms with Crippen molar-refractivity contribution in [2.24, 2.45) is 0 Å². The summed E-state index contributed by atoms with van der Waals surface area (Å²) >= 11 is 0. The van der Waals surface area contributed by atoms with Crippen molar-refractivity contribution in [3.63, 3.8) is 0 Å². The zero-order valence-electron chi connectivity index (χ0n) is 12.8. The van der Waals surface area contributed by atoms with E-state index in [4.69, 9.17) is 4.74 Å². The molecule has 0 N–H and O–H groups in total. The van der Waals surface area contributed by atoms with Crippen LogP contribution >= 0.6 is 0 Å². The molecule has 0 unspecified atom stereocenters. The van der Waals surface area contributed by atoms with E-state index in [1.54, 1.807) is 7.11 Å². The normalized spacial score (nSPS) is 23.9. The molecule has 0 bridgehead atoms. The number of ketones is 1. The van der Waals surface area contributed by atoms with E-state index >= 15 is 0 Å². The zero-order chi connectivity index (χ0) is 13.9. The Labute approximate surface area is 117 Å². The Kier molecular flexibility index (Phi) is 4.67. The Morgan fingerprint density at radius 1 is 1.16 bits per heavy atom. The lowest BCUT2D eigenvalue weighted by Gasteiger charge is -2.38. The summed E-state index contributed by atoms with van der Waals surface area (Å²) in [6, 6.07) is 0. The van der Waals surface area contributed by atoms with Crippen LogP contribution in [0.4, 0.5) is 0 Å². The number of rotatable bonds is 6. The van der Waals surface area contributed by atoms with Crippen molar-refractivity contribution in [3.05, 3.63) is 0 Å². The third-order valence-electron chi connectivity index (χ3n) is 5.17. The topological polar surface area (TPSA) is 29.5 Å². The lowest BCUT2D eigenvalue weighted by atomic mass is 9.85. The molecule has 0 atom stereocenters. The largest absolute Gasteiger partial charge is 0.379 e. The lowest BCUT2D eigenvalue weighted by molar-refractivity contribution is -0.132. The Morgan fingerprint density at radius 3 is 2.26 bits per heavy atom. The monoisotopic (exact) mass is 267 g/mol. The molecule has 2 aliphatic rings. The van der Waals surface area contributed by atoms with Gasteiger partial charge in [0.05, 0.1) is 11.1 Å². The maximum absolute atomic E-state index is 12.8. The Morgan fingerprint density at radius 2 is 1.74 bits per heavy atom. The Balaban J connectivity index is 2.01. The van der Waals surface area contributed by atoms with Crippen LogP contribution in [0.2, 0.25) is 0 Å². The van der Waals surface area contributed by atoms with Gasteiger partial charge in [0.1, 0.15) is 0 Å². The molecule has 0 aromatic carbocycles. The first-order chi connectivity index (χ1) is 9.00. The summed E-state index contributed by atoms with van der Waals surface area (Å²) in [5, 5.41) is 0. The third-order valence-corrected chi connectivity index (χ3v) is 5.17. The third kappa shape index (κ3) is 3.19. The second kappa shape index (κ2) is 5.92. The van der Waals surface area contributed by atoms with Crippen LogP contribution in [0, 0.1) is 0 Å². The average molecular weight is 267 g/mol. The number of likely N-dealkylation sites (tertiary alicyclic amines) is 1. The van der Waals surface area contributed by atoms with Gasteiger partial charge in [-0.3, -0.25) is 9.69 Å². The van der Waals surface area contributed by atoms with Crippen LogP contribution in [0.15, 0.2) is 0 Å². The standard InChI is InChI=1S/C16H29NO2/c1-15(2,19-3)11-8-14(18)16(9-4-5-10-16)17-12-6-7-13-17/h4-13H2,1-3H3. The molecule has 3 heteroatoms. The number of hydrogen-bond acceptors (Lipinski definition) is 3. The molecule has 19 heavy (non-hydrogen) atoms. The van der Waals surface area contributed by atoms with Crippen molar-refractivity contribution in [2.75, 3.05) is 20.2 Å². The summed E-state index contributed by atoms with van der Waals surface area (Å²) in [6.07, 6.45) is 8.62. The maximum atomic E-state index is 12.8. The maximum Gasteiger partial charge on any atom is 0.153 e. The van der Waals surface area contributed by atoms with Crippen molar-refractivity contribution in [2.45, 2.75) is 76.4 Å². The van der Waals surface area contributed by atoms with Gasteiger partial charge >= 0.3 is 0 Å². The molecule has 110 valence electrons. The van der Waals surface area contributed by atoms with Gasteiger partial charge in [0, 0.05) is 13.5 Å². The van der Waals surface area contributed by atoms with E-state index in [9.17, 15) is 4.79 Å². The van der Waals surface area contributed by atoms with Gasteiger partial charge in [-0.15, -0.1) is 0 Å². The number of ether oxygens (including phenoxy) is 1. The van der Waals surface area contributed by atoms with Crippen LogP contribution in [-0.2, 0) is 9.53 Å². The Bertz CT molecular complexity index is 313. The van der Waals surface area contributed by atoms with Crippen LogP contribution in [-0.4, -0.2) is 42.0 Å². The molecule has 3 nitrogen and oxygen atoms in total. The molecule has 1 saturated carbocycles. The molecule has 0 aromatic rings. The predicted molar refractivity (Wildman–Crippen MR) is 77.3 cm³/mol. The van der Waals surface area contributed by atoms with E-state index in [0.717, 1.165) is 32.4 Å². The lowest BCUT2D eigenvalue weighted by Crippen LogP contribution is -2.51. The molecule has 1 aliphatic heterocycles. The van der Waals surface area contributed by atoms with Crippen LogP contribution < -0.4 is 0 Å². The fourth-order valence-corrected chi connectivity index (χ4v) is 3.63. The fraction of sp³-hybridized carbons (Fsp3) is 0.938. The summed E-state index contributed by atoms with van der Waals surface area (Å²) < 4.78 is 5.44. The highest BCUT2D eigenvalue weighted by atomic mass is 16.5. The molecular weight excluding hydrogens is 238 g/mol. The molecule has 0 aromatic heterocycles. The smallest absolute Gasteiger partial charge is 0.153 e. The first-order valence-electron chi connectivity index (χ1n) is 7.84. The molecule has 1 saturated heterocycles. The minimum Gasteiger partial charge on any atom is -0.379 e. The van der Waals surface area contributed by atoms with Crippen molar-refractivity contribution in [1.82, 2.24) is 4.90 Å². The molecule has 1 heterocycles. The first kappa shape index (κ1) is 15.0. The second-order valence-electron chi connectivity index (χ2n) is 6.82. The predicted octanol–water partition coefficient (Wildman–Crippen LogP) is 3.17. The molecule has 2 rings (SSSR count). The summed E-state index contributed by atoms with van der Waals surface area (Å²) in [5.74, 6) is 0.469. The van der Waals surface area contributed by atoms with Crippen molar-refractivity contribution in [3.8, 4) is 0 Å². The van der Waals surface area contributed by atoms with Gasteiger partial charge in [-0.25, -0.2) is 0 Å². The van der Waals surface area contributed by atoms with Gasteiger partial charge in [0.15, 0.2) is 5.78 Å². The minimum absolute atomic E-state index is 0.111. The highest BCUT2D eigenvalue weighted by Gasteiger charge is 2.46. The van der Waals surface area contributed by atoms with E-state index in [0.29, 0.717) is 12.2 Å². The van der Waals surface area contributed by atoms with Crippen molar-refractivity contribution in [1.29, 1.82) is 0 Å². The summed E-state index contributed by atoms with van der Waals surface area (Å²) in [7, 11) is 1.73. The van der Waals surface area contributed by atoms with Gasteiger partial charge < -0.3 is 4.74 Å². The molecule has 2 fully saturated rings. The fourth-order valence-electron chi connectivity index (χ4n) is 3.63. The summed E-state index contributed by atoms with van der Waals surface area (Å²) in [6.45, 7) is 6.38. The molecule has 0 amide bonds. The molecule has 1 aliphatic carbocycles. The molecular formula is C16H29NO2. The quantitative estimate of drug-likeness (QED) is 0.740. The second-order valence-corrected chi connectivity index (χ2v) is 6.82. The minimum atomic E-state index is -0.180. The zero-order valence-corrected chi connectivity index (χ0v) is 12.8. The number of methoxy groups -OCH3 is 1. The molecule has 0 spiro atoms. The number of carbonyl (C=O) groups excluding carboxylic acids is 1. The van der Waals surface area contributed by atoms with Crippen LogP contribution in [0.1, 0.15) is 65.2 Å². The van der Waals surface area contributed by atoms with Gasteiger partial charge in [-0.05, 0) is 59.0 Å². The van der Waals surface area contributed by atoms with Gasteiger partial charge in [-0.1, -0.05) is 12.8 Å². The van der Waals surface area contributed by atoms with Crippen molar-refractivity contribution >= 4 is 5.78 Å². The number of hydrogen-bond donors (Lipinski definition) is 0. The van der Waals surface area contributed by atoms with E-state index in [1.807, 2.05) is 0 Å². The van der Waals surface area contributed by atoms with Crippen LogP contribution in [0.5, 0.6) is 0 Å².